The fourth-order valence-electron chi connectivity index (χ4n) is 2.43. The molecule has 0 aliphatic rings. The van der Waals surface area contributed by atoms with Crippen molar-refractivity contribution in [2.75, 3.05) is 11.9 Å². The minimum atomic E-state index is -0.681. The van der Waals surface area contributed by atoms with Crippen molar-refractivity contribution in [3.8, 4) is 0 Å². The largest absolute Gasteiger partial charge is 0.454 e. The quantitative estimate of drug-likeness (QED) is 0.373. The maximum Gasteiger partial charge on any atom is 0.331 e. The van der Waals surface area contributed by atoms with E-state index in [0.717, 1.165) is 6.08 Å². The molecule has 1 heterocycles. The summed E-state index contributed by atoms with van der Waals surface area (Å²) in [5.74, 6) is -0.888. The van der Waals surface area contributed by atoms with Gasteiger partial charge in [-0.1, -0.05) is 32.9 Å². The van der Waals surface area contributed by atoms with Crippen molar-refractivity contribution in [2.45, 2.75) is 20.8 Å². The van der Waals surface area contributed by atoms with Gasteiger partial charge < -0.3 is 14.5 Å². The molecule has 1 N–H and O–H groups in total. The molecule has 30 heavy (non-hydrogen) atoms. The molecule has 0 spiro atoms. The number of anilines is 1. The molecule has 7 heteroatoms. The van der Waals surface area contributed by atoms with E-state index in [1.165, 1.54) is 6.08 Å². The van der Waals surface area contributed by atoms with Crippen LogP contribution >= 0.6 is 0 Å². The van der Waals surface area contributed by atoms with Crippen LogP contribution in [0.3, 0.4) is 0 Å². The summed E-state index contributed by atoms with van der Waals surface area (Å²) in [4.78, 5) is 40.3. The van der Waals surface area contributed by atoms with E-state index in [0.29, 0.717) is 22.4 Å². The molecule has 0 aliphatic heterocycles. The Hall–Kier alpha value is -3.74. The molecule has 0 fully saturated rings. The number of oxazole rings is 1. The average Bonchev–Trinajstić information content (AvgIpc) is 3.13. The van der Waals surface area contributed by atoms with Crippen molar-refractivity contribution in [3.05, 3.63) is 66.1 Å². The van der Waals surface area contributed by atoms with Crippen LogP contribution < -0.4 is 5.32 Å². The highest BCUT2D eigenvalue weighted by Crippen LogP contribution is 2.18. The Morgan fingerprint density at radius 1 is 1.07 bits per heavy atom. The highest BCUT2D eigenvalue weighted by Gasteiger charge is 2.21. The van der Waals surface area contributed by atoms with Crippen LogP contribution in [0.1, 0.15) is 37.0 Å². The lowest BCUT2D eigenvalue weighted by Gasteiger charge is -2.17. The van der Waals surface area contributed by atoms with Crippen LogP contribution in [0.4, 0.5) is 5.69 Å². The molecule has 154 valence electrons. The molecule has 3 aromatic rings. The smallest absolute Gasteiger partial charge is 0.331 e. The van der Waals surface area contributed by atoms with Crippen molar-refractivity contribution in [1.82, 2.24) is 4.98 Å². The fourth-order valence-corrected chi connectivity index (χ4v) is 2.43. The van der Waals surface area contributed by atoms with Gasteiger partial charge in [-0.25, -0.2) is 9.78 Å². The minimum Gasteiger partial charge on any atom is -0.454 e. The van der Waals surface area contributed by atoms with Crippen LogP contribution in [0.2, 0.25) is 0 Å². The SMILES string of the molecule is CC(C)(C)C(=O)Nc1ccc(C(=O)COC(=O)/C=C/c2nc3ccccc3o2)cc1. The van der Waals surface area contributed by atoms with E-state index in [4.69, 9.17) is 9.15 Å². The number of ketones is 1. The van der Waals surface area contributed by atoms with E-state index >= 15 is 0 Å². The number of Topliss-reactive ketones (excluding diaryl/α,β-unsaturated/α-hetero) is 1. The van der Waals surface area contributed by atoms with Gasteiger partial charge in [-0.3, -0.25) is 9.59 Å². The van der Waals surface area contributed by atoms with Gasteiger partial charge >= 0.3 is 5.97 Å². The second-order valence-electron chi connectivity index (χ2n) is 7.67. The Labute approximate surface area is 173 Å². The van der Waals surface area contributed by atoms with Crippen LogP contribution in [0.15, 0.2) is 59.0 Å². The van der Waals surface area contributed by atoms with E-state index in [9.17, 15) is 14.4 Å². The zero-order valence-corrected chi connectivity index (χ0v) is 17.0. The molecule has 0 saturated carbocycles. The second kappa shape index (κ2) is 8.73. The second-order valence-corrected chi connectivity index (χ2v) is 7.67. The normalized spacial score (nSPS) is 11.6. The number of hydrogen-bond acceptors (Lipinski definition) is 6. The van der Waals surface area contributed by atoms with E-state index in [2.05, 4.69) is 10.3 Å². The van der Waals surface area contributed by atoms with Gasteiger partial charge in [0, 0.05) is 28.8 Å². The number of fused-ring (bicyclic) bond motifs is 1. The molecule has 1 amide bonds. The predicted molar refractivity (Wildman–Crippen MR) is 113 cm³/mol. The summed E-state index contributed by atoms with van der Waals surface area (Å²) in [5.41, 5.74) is 1.74. The Morgan fingerprint density at radius 2 is 1.77 bits per heavy atom. The van der Waals surface area contributed by atoms with Crippen molar-refractivity contribution in [1.29, 1.82) is 0 Å². The van der Waals surface area contributed by atoms with Crippen LogP contribution in [0.5, 0.6) is 0 Å². The lowest BCUT2D eigenvalue weighted by atomic mass is 9.95. The van der Waals surface area contributed by atoms with E-state index in [1.807, 2.05) is 32.9 Å². The number of nitrogens with zero attached hydrogens (tertiary/aromatic N) is 1. The summed E-state index contributed by atoms with van der Waals surface area (Å²) in [5, 5.41) is 2.78. The number of para-hydroxylation sites is 2. The standard InChI is InChI=1S/C23H22N2O5/c1-23(2,3)22(28)24-16-10-8-15(9-11-16)18(26)14-29-21(27)13-12-20-25-17-6-4-5-7-19(17)30-20/h4-13H,14H2,1-3H3,(H,24,28)/b13-12+. The van der Waals surface area contributed by atoms with Crippen LogP contribution in [0.25, 0.3) is 17.2 Å². The molecular formula is C23H22N2O5. The number of ether oxygens (including phenoxy) is 1. The minimum absolute atomic E-state index is 0.124. The number of rotatable bonds is 6. The number of carbonyl (C=O) groups is 3. The van der Waals surface area contributed by atoms with Crippen molar-refractivity contribution >= 4 is 40.5 Å². The number of carbonyl (C=O) groups excluding carboxylic acids is 3. The summed E-state index contributed by atoms with van der Waals surface area (Å²) < 4.78 is 10.4. The van der Waals surface area contributed by atoms with Crippen LogP contribution in [0, 0.1) is 5.41 Å². The van der Waals surface area contributed by atoms with Gasteiger partial charge in [-0.05, 0) is 36.4 Å². The molecule has 0 aliphatic carbocycles. The lowest BCUT2D eigenvalue weighted by Crippen LogP contribution is -2.27. The third kappa shape index (κ3) is 5.41. The zero-order chi connectivity index (χ0) is 21.7. The van der Waals surface area contributed by atoms with Gasteiger partial charge in [0.2, 0.25) is 11.8 Å². The van der Waals surface area contributed by atoms with Gasteiger partial charge in [0.05, 0.1) is 0 Å². The first kappa shape index (κ1) is 21.0. The van der Waals surface area contributed by atoms with Gasteiger partial charge in [-0.2, -0.15) is 0 Å². The molecule has 3 rings (SSSR count). The first-order valence-electron chi connectivity index (χ1n) is 9.37. The Morgan fingerprint density at radius 3 is 2.43 bits per heavy atom. The Balaban J connectivity index is 1.52. The Bertz CT molecular complexity index is 1070. The number of amides is 1. The van der Waals surface area contributed by atoms with Gasteiger partial charge in [0.1, 0.15) is 5.52 Å². The van der Waals surface area contributed by atoms with E-state index in [1.54, 1.807) is 36.4 Å². The molecule has 0 saturated heterocycles. The predicted octanol–water partition coefficient (Wildman–Crippen LogP) is 4.25. The third-order valence-electron chi connectivity index (χ3n) is 4.16. The van der Waals surface area contributed by atoms with E-state index in [-0.39, 0.29) is 17.6 Å². The number of aromatic nitrogens is 1. The highest BCUT2D eigenvalue weighted by atomic mass is 16.5. The van der Waals surface area contributed by atoms with Crippen molar-refractivity contribution in [2.24, 2.45) is 5.41 Å². The first-order valence-corrected chi connectivity index (χ1v) is 9.37. The molecular weight excluding hydrogens is 384 g/mol. The maximum atomic E-state index is 12.2. The zero-order valence-electron chi connectivity index (χ0n) is 17.0. The summed E-state index contributed by atoms with van der Waals surface area (Å²) in [6.45, 7) is 5.04. The number of nitrogens with one attached hydrogen (secondary N) is 1. The molecule has 2 aromatic carbocycles. The number of hydrogen-bond donors (Lipinski definition) is 1. The molecule has 0 radical (unpaired) electrons. The number of esters is 1. The van der Waals surface area contributed by atoms with E-state index < -0.39 is 18.0 Å². The molecule has 0 bridgehead atoms. The van der Waals surface area contributed by atoms with Gasteiger partial charge in [-0.15, -0.1) is 0 Å². The van der Waals surface area contributed by atoms with Gasteiger partial charge in [0.15, 0.2) is 18.0 Å². The third-order valence-corrected chi connectivity index (χ3v) is 4.16. The van der Waals surface area contributed by atoms with Crippen LogP contribution in [-0.4, -0.2) is 29.3 Å². The Kier molecular flexibility index (Phi) is 6.11. The highest BCUT2D eigenvalue weighted by molar-refractivity contribution is 6.00. The first-order chi connectivity index (χ1) is 14.2. The van der Waals surface area contributed by atoms with Gasteiger partial charge in [0.25, 0.3) is 0 Å². The van der Waals surface area contributed by atoms with Crippen molar-refractivity contribution < 1.29 is 23.5 Å². The monoisotopic (exact) mass is 406 g/mol. The topological polar surface area (TPSA) is 98.5 Å². The molecule has 7 nitrogen and oxygen atoms in total. The summed E-state index contributed by atoms with van der Waals surface area (Å²) in [6.07, 6.45) is 2.54. The van der Waals surface area contributed by atoms with Crippen LogP contribution in [-0.2, 0) is 14.3 Å². The summed E-state index contributed by atoms with van der Waals surface area (Å²) in [6, 6.07) is 13.6. The maximum absolute atomic E-state index is 12.2. The molecule has 0 unspecified atom stereocenters. The van der Waals surface area contributed by atoms with Crippen molar-refractivity contribution in [3.63, 3.8) is 0 Å². The average molecular weight is 406 g/mol. The fraction of sp³-hybridized carbons (Fsp3) is 0.217. The summed E-state index contributed by atoms with van der Waals surface area (Å²) in [7, 11) is 0. The molecule has 0 atom stereocenters. The summed E-state index contributed by atoms with van der Waals surface area (Å²) >= 11 is 0. The lowest BCUT2D eigenvalue weighted by molar-refractivity contribution is -0.136. The molecule has 1 aromatic heterocycles. The number of benzene rings is 2.